The molecular formula is C27H22Cl2FNO4. The van der Waals surface area contributed by atoms with Crippen molar-refractivity contribution in [2.45, 2.75) is 19.9 Å². The summed E-state index contributed by atoms with van der Waals surface area (Å²) in [6, 6.07) is 15.4. The van der Waals surface area contributed by atoms with Crippen molar-refractivity contribution < 1.29 is 23.8 Å². The van der Waals surface area contributed by atoms with Gasteiger partial charge in [0.25, 0.3) is 11.7 Å². The standard InChI is InChI=1S/C27H22Cl2FNO4/c1-15(2)14-35-20-7-5-6-16(10-20)25(32)23-24(21-8-3-4-9-22(21)30)31(27(34)26(23)33)19-12-17(28)11-18(29)13-19/h3-13,15,24,32H,14H2,1-2H3/b25-23+. The van der Waals surface area contributed by atoms with Crippen molar-refractivity contribution in [1.82, 2.24) is 0 Å². The van der Waals surface area contributed by atoms with E-state index in [1.165, 1.54) is 36.4 Å². The van der Waals surface area contributed by atoms with Crippen LogP contribution in [0.2, 0.25) is 10.0 Å². The van der Waals surface area contributed by atoms with Gasteiger partial charge in [-0.05, 0) is 42.3 Å². The van der Waals surface area contributed by atoms with Crippen LogP contribution in [0, 0.1) is 11.7 Å². The molecule has 3 aromatic carbocycles. The summed E-state index contributed by atoms with van der Waals surface area (Å²) in [4.78, 5) is 27.6. The van der Waals surface area contributed by atoms with Gasteiger partial charge in [0.15, 0.2) is 0 Å². The second-order valence-corrected chi connectivity index (χ2v) is 9.42. The van der Waals surface area contributed by atoms with Crippen molar-refractivity contribution >= 4 is 46.3 Å². The topological polar surface area (TPSA) is 66.8 Å². The third-order valence-corrected chi connectivity index (χ3v) is 5.90. The number of benzene rings is 3. The third-order valence-electron chi connectivity index (χ3n) is 5.46. The van der Waals surface area contributed by atoms with Gasteiger partial charge in [0.2, 0.25) is 0 Å². The van der Waals surface area contributed by atoms with Crippen molar-refractivity contribution in [1.29, 1.82) is 0 Å². The summed E-state index contributed by atoms with van der Waals surface area (Å²) in [5, 5.41) is 11.7. The quantitative estimate of drug-likeness (QED) is 0.223. The maximum atomic E-state index is 15.0. The second kappa shape index (κ2) is 10.1. The van der Waals surface area contributed by atoms with Crippen LogP contribution in [0.3, 0.4) is 0 Å². The van der Waals surface area contributed by atoms with Gasteiger partial charge in [0, 0.05) is 26.9 Å². The van der Waals surface area contributed by atoms with Gasteiger partial charge < -0.3 is 9.84 Å². The van der Waals surface area contributed by atoms with Crippen LogP contribution in [0.5, 0.6) is 5.75 Å². The molecule has 1 heterocycles. The van der Waals surface area contributed by atoms with E-state index in [-0.39, 0.29) is 38.4 Å². The first-order chi connectivity index (χ1) is 16.7. The molecule has 0 radical (unpaired) electrons. The smallest absolute Gasteiger partial charge is 0.300 e. The van der Waals surface area contributed by atoms with E-state index in [2.05, 4.69) is 0 Å². The number of ketones is 1. The number of amides is 1. The molecule has 8 heteroatoms. The van der Waals surface area contributed by atoms with Crippen LogP contribution in [0.4, 0.5) is 10.1 Å². The first kappa shape index (κ1) is 24.8. The van der Waals surface area contributed by atoms with E-state index in [1.807, 2.05) is 13.8 Å². The molecule has 1 unspecified atom stereocenters. The SMILES string of the molecule is CC(C)COc1cccc(/C(O)=C2\C(=O)C(=O)N(c3cc(Cl)cc(Cl)c3)C2c2ccccc2F)c1. The van der Waals surface area contributed by atoms with E-state index in [0.29, 0.717) is 12.4 Å². The highest BCUT2D eigenvalue weighted by molar-refractivity contribution is 6.52. The predicted molar refractivity (Wildman–Crippen MR) is 134 cm³/mol. The Bertz CT molecular complexity index is 1320. The average Bonchev–Trinajstić information content (AvgIpc) is 3.07. The number of aliphatic hydroxyl groups is 1. The van der Waals surface area contributed by atoms with Crippen molar-refractivity contribution in [3.63, 3.8) is 0 Å². The first-order valence-corrected chi connectivity index (χ1v) is 11.7. The molecule has 1 aliphatic heterocycles. The molecule has 5 nitrogen and oxygen atoms in total. The number of carbonyl (C=O) groups excluding carboxylic acids is 2. The lowest BCUT2D eigenvalue weighted by Crippen LogP contribution is -2.29. The van der Waals surface area contributed by atoms with Crippen molar-refractivity contribution in [3.8, 4) is 5.75 Å². The number of hydrogen-bond acceptors (Lipinski definition) is 4. The average molecular weight is 514 g/mol. The minimum absolute atomic E-state index is 0.0385. The zero-order valence-electron chi connectivity index (χ0n) is 19.0. The number of carbonyl (C=O) groups is 2. The summed E-state index contributed by atoms with van der Waals surface area (Å²) in [6.07, 6.45) is 0. The zero-order chi connectivity index (χ0) is 25.3. The molecule has 0 saturated carbocycles. The lowest BCUT2D eigenvalue weighted by Gasteiger charge is -2.26. The Labute approximate surface area is 212 Å². The van der Waals surface area contributed by atoms with Crippen LogP contribution >= 0.6 is 23.2 Å². The molecule has 1 saturated heterocycles. The highest BCUT2D eigenvalue weighted by atomic mass is 35.5. The lowest BCUT2D eigenvalue weighted by atomic mass is 9.94. The molecule has 0 aromatic heterocycles. The number of nitrogens with zero attached hydrogens (tertiary/aromatic N) is 1. The summed E-state index contributed by atoms with van der Waals surface area (Å²) in [6.45, 7) is 4.46. The Morgan fingerprint density at radius 3 is 2.37 bits per heavy atom. The number of anilines is 1. The van der Waals surface area contributed by atoms with E-state index in [0.717, 1.165) is 4.90 Å². The molecule has 0 aliphatic carbocycles. The summed E-state index contributed by atoms with van der Waals surface area (Å²) in [7, 11) is 0. The Kier molecular flexibility index (Phi) is 7.15. The molecule has 35 heavy (non-hydrogen) atoms. The van der Waals surface area contributed by atoms with Gasteiger partial charge in [0.1, 0.15) is 17.3 Å². The monoisotopic (exact) mass is 513 g/mol. The van der Waals surface area contributed by atoms with Gasteiger partial charge in [-0.2, -0.15) is 0 Å². The normalized spacial score (nSPS) is 17.3. The maximum Gasteiger partial charge on any atom is 0.300 e. The van der Waals surface area contributed by atoms with Crippen molar-refractivity contribution in [3.05, 3.63) is 99.3 Å². The molecule has 1 aliphatic rings. The fourth-order valence-corrected chi connectivity index (χ4v) is 4.43. The van der Waals surface area contributed by atoms with Crippen LogP contribution in [-0.4, -0.2) is 23.4 Å². The number of Topliss-reactive ketones (excluding diaryl/α,β-unsaturated/α-hetero) is 1. The summed E-state index contributed by atoms with van der Waals surface area (Å²) >= 11 is 12.3. The van der Waals surface area contributed by atoms with Gasteiger partial charge in [0.05, 0.1) is 18.2 Å². The van der Waals surface area contributed by atoms with Gasteiger partial charge in [-0.25, -0.2) is 4.39 Å². The number of aliphatic hydroxyl groups excluding tert-OH is 1. The second-order valence-electron chi connectivity index (χ2n) is 8.55. The van der Waals surface area contributed by atoms with Crippen LogP contribution in [-0.2, 0) is 9.59 Å². The molecule has 1 amide bonds. The van der Waals surface area contributed by atoms with Crippen LogP contribution in [0.1, 0.15) is 31.0 Å². The fraction of sp³-hybridized carbons (Fsp3) is 0.185. The summed E-state index contributed by atoms with van der Waals surface area (Å²) in [5.41, 5.74) is 0.245. The molecule has 180 valence electrons. The van der Waals surface area contributed by atoms with E-state index in [1.54, 1.807) is 30.3 Å². The van der Waals surface area contributed by atoms with E-state index < -0.39 is 29.3 Å². The molecule has 1 N–H and O–H groups in total. The van der Waals surface area contributed by atoms with Gasteiger partial charge in [-0.15, -0.1) is 0 Å². The van der Waals surface area contributed by atoms with Gasteiger partial charge >= 0.3 is 0 Å². The number of ether oxygens (including phenoxy) is 1. The highest BCUT2D eigenvalue weighted by Gasteiger charge is 2.48. The fourth-order valence-electron chi connectivity index (χ4n) is 3.92. The van der Waals surface area contributed by atoms with E-state index >= 15 is 0 Å². The van der Waals surface area contributed by atoms with Crippen LogP contribution < -0.4 is 9.64 Å². The van der Waals surface area contributed by atoms with E-state index in [4.69, 9.17) is 27.9 Å². The number of halogens is 3. The molecular weight excluding hydrogens is 492 g/mol. The van der Waals surface area contributed by atoms with Gasteiger partial charge in [-0.3, -0.25) is 14.5 Å². The van der Waals surface area contributed by atoms with Crippen molar-refractivity contribution in [2.75, 3.05) is 11.5 Å². The Morgan fingerprint density at radius 2 is 1.71 bits per heavy atom. The number of hydrogen-bond donors (Lipinski definition) is 1. The predicted octanol–water partition coefficient (Wildman–Crippen LogP) is 6.79. The van der Waals surface area contributed by atoms with Crippen LogP contribution in [0.15, 0.2) is 72.3 Å². The van der Waals surface area contributed by atoms with Crippen LogP contribution in [0.25, 0.3) is 5.76 Å². The minimum atomic E-state index is -1.24. The molecule has 4 rings (SSSR count). The van der Waals surface area contributed by atoms with Gasteiger partial charge in [-0.1, -0.05) is 67.4 Å². The Hall–Kier alpha value is -3.35. The molecule has 0 spiro atoms. The molecule has 1 atom stereocenters. The summed E-state index contributed by atoms with van der Waals surface area (Å²) in [5.74, 6) is -2.21. The molecule has 0 bridgehead atoms. The first-order valence-electron chi connectivity index (χ1n) is 10.9. The highest BCUT2D eigenvalue weighted by Crippen LogP contribution is 2.44. The van der Waals surface area contributed by atoms with Crippen molar-refractivity contribution in [2.24, 2.45) is 5.92 Å². The molecule has 1 fully saturated rings. The maximum absolute atomic E-state index is 15.0. The minimum Gasteiger partial charge on any atom is -0.507 e. The lowest BCUT2D eigenvalue weighted by molar-refractivity contribution is -0.132. The molecule has 3 aromatic rings. The summed E-state index contributed by atoms with van der Waals surface area (Å²) < 4.78 is 20.7. The van der Waals surface area contributed by atoms with E-state index in [9.17, 15) is 19.1 Å². The third kappa shape index (κ3) is 5.04. The largest absolute Gasteiger partial charge is 0.507 e. The Balaban J connectivity index is 1.90. The Morgan fingerprint density at radius 1 is 1.03 bits per heavy atom. The number of rotatable bonds is 6. The zero-order valence-corrected chi connectivity index (χ0v) is 20.5.